The van der Waals surface area contributed by atoms with Gasteiger partial charge in [-0.15, -0.1) is 0 Å². The van der Waals surface area contributed by atoms with E-state index in [1.807, 2.05) is 23.0 Å². The molecule has 1 aromatic heterocycles. The van der Waals surface area contributed by atoms with E-state index in [0.717, 1.165) is 31.7 Å². The van der Waals surface area contributed by atoms with Gasteiger partial charge in [0.2, 0.25) is 0 Å². The number of aryl methyl sites for hydroxylation is 1. The molecule has 0 radical (unpaired) electrons. The van der Waals surface area contributed by atoms with E-state index in [4.69, 9.17) is 4.74 Å². The molecule has 1 fully saturated rings. The number of hydrogen-bond acceptors (Lipinski definition) is 4. The lowest BCUT2D eigenvalue weighted by atomic mass is 10.0. The number of aromatic nitrogens is 2. The van der Waals surface area contributed by atoms with Gasteiger partial charge in [0.25, 0.3) is 0 Å². The number of hydrogen-bond donors (Lipinski definition) is 1. The second-order valence-corrected chi connectivity index (χ2v) is 6.61. The lowest BCUT2D eigenvalue weighted by Gasteiger charge is -2.27. The van der Waals surface area contributed by atoms with Crippen molar-refractivity contribution >= 4 is 11.7 Å². The molecule has 130 valence electrons. The van der Waals surface area contributed by atoms with Gasteiger partial charge in [-0.1, -0.05) is 24.3 Å². The summed E-state index contributed by atoms with van der Waals surface area (Å²) in [5.41, 5.74) is 4.83. The maximum absolute atomic E-state index is 11.1. The van der Waals surface area contributed by atoms with Gasteiger partial charge in [0.05, 0.1) is 18.4 Å². The molecule has 1 saturated heterocycles. The maximum atomic E-state index is 11.1. The number of amides is 1. The first-order valence-electron chi connectivity index (χ1n) is 8.66. The highest BCUT2D eigenvalue weighted by molar-refractivity contribution is 5.69. The second kappa shape index (κ2) is 6.72. The molecule has 1 amide bonds. The summed E-state index contributed by atoms with van der Waals surface area (Å²) in [5.74, 6) is 0. The molecule has 6 nitrogen and oxygen atoms in total. The van der Waals surface area contributed by atoms with E-state index in [1.165, 1.54) is 16.7 Å². The SMILES string of the molecule is Cc1ccccc1-n1cc(C2=CCN(C[C@@H]3CNC(=O)O3)CC2)cn1. The molecule has 25 heavy (non-hydrogen) atoms. The van der Waals surface area contributed by atoms with E-state index >= 15 is 0 Å². The van der Waals surface area contributed by atoms with Crippen LogP contribution < -0.4 is 5.32 Å². The van der Waals surface area contributed by atoms with Crippen molar-refractivity contribution in [2.24, 2.45) is 0 Å². The summed E-state index contributed by atoms with van der Waals surface area (Å²) in [4.78, 5) is 13.4. The fourth-order valence-corrected chi connectivity index (χ4v) is 3.40. The minimum Gasteiger partial charge on any atom is -0.443 e. The van der Waals surface area contributed by atoms with Crippen LogP contribution in [0.1, 0.15) is 17.5 Å². The molecular formula is C19H22N4O2. The first-order chi connectivity index (χ1) is 12.2. The van der Waals surface area contributed by atoms with Crippen LogP contribution in [0.5, 0.6) is 0 Å². The molecule has 0 unspecified atom stereocenters. The fraction of sp³-hybridized carbons (Fsp3) is 0.368. The predicted molar refractivity (Wildman–Crippen MR) is 95.6 cm³/mol. The number of rotatable bonds is 4. The Morgan fingerprint density at radius 2 is 2.24 bits per heavy atom. The molecule has 0 saturated carbocycles. The monoisotopic (exact) mass is 338 g/mol. The minimum atomic E-state index is -0.304. The van der Waals surface area contributed by atoms with Crippen LogP contribution in [0.3, 0.4) is 0 Å². The summed E-state index contributed by atoms with van der Waals surface area (Å²) in [6.07, 6.45) is 6.94. The Bertz CT molecular complexity index is 811. The van der Waals surface area contributed by atoms with Gasteiger partial charge in [0.15, 0.2) is 0 Å². The maximum Gasteiger partial charge on any atom is 0.407 e. The van der Waals surface area contributed by atoms with Crippen LogP contribution >= 0.6 is 0 Å². The number of para-hydroxylation sites is 1. The average molecular weight is 338 g/mol. The van der Waals surface area contributed by atoms with Crippen LogP contribution in [0.25, 0.3) is 11.3 Å². The van der Waals surface area contributed by atoms with Gasteiger partial charge >= 0.3 is 6.09 Å². The topological polar surface area (TPSA) is 59.4 Å². The van der Waals surface area contributed by atoms with Gasteiger partial charge in [-0.05, 0) is 30.5 Å². The summed E-state index contributed by atoms with van der Waals surface area (Å²) in [5, 5.41) is 7.23. The van der Waals surface area contributed by atoms with Crippen LogP contribution in [0.15, 0.2) is 42.7 Å². The second-order valence-electron chi connectivity index (χ2n) is 6.61. The van der Waals surface area contributed by atoms with E-state index < -0.39 is 0 Å². The van der Waals surface area contributed by atoms with Gasteiger partial charge in [-0.2, -0.15) is 5.10 Å². The Labute approximate surface area is 147 Å². The molecule has 2 aliphatic rings. The van der Waals surface area contributed by atoms with Crippen molar-refractivity contribution in [3.05, 3.63) is 53.9 Å². The van der Waals surface area contributed by atoms with Crippen LogP contribution in [0, 0.1) is 6.92 Å². The van der Waals surface area contributed by atoms with Crippen molar-refractivity contribution < 1.29 is 9.53 Å². The molecule has 0 spiro atoms. The van der Waals surface area contributed by atoms with E-state index in [-0.39, 0.29) is 12.2 Å². The van der Waals surface area contributed by atoms with Crippen LogP contribution in [-0.2, 0) is 4.74 Å². The number of cyclic esters (lactones) is 1. The van der Waals surface area contributed by atoms with E-state index in [9.17, 15) is 4.79 Å². The zero-order chi connectivity index (χ0) is 17.2. The highest BCUT2D eigenvalue weighted by Gasteiger charge is 2.25. The quantitative estimate of drug-likeness (QED) is 0.930. The summed E-state index contributed by atoms with van der Waals surface area (Å²) in [6.45, 7) is 5.33. The zero-order valence-corrected chi connectivity index (χ0v) is 14.3. The molecule has 2 aromatic rings. The van der Waals surface area contributed by atoms with Crippen molar-refractivity contribution in [3.63, 3.8) is 0 Å². The number of ether oxygens (including phenoxy) is 1. The van der Waals surface area contributed by atoms with Gasteiger partial charge in [-0.25, -0.2) is 9.48 Å². The first-order valence-corrected chi connectivity index (χ1v) is 8.66. The highest BCUT2D eigenvalue weighted by Crippen LogP contribution is 2.24. The number of nitrogens with zero attached hydrogens (tertiary/aromatic N) is 3. The molecule has 1 aromatic carbocycles. The van der Waals surface area contributed by atoms with Gasteiger partial charge in [-0.3, -0.25) is 4.90 Å². The molecule has 3 heterocycles. The van der Waals surface area contributed by atoms with Crippen molar-refractivity contribution in [2.75, 3.05) is 26.2 Å². The lowest BCUT2D eigenvalue weighted by molar-refractivity contribution is 0.112. The number of carbonyl (C=O) groups excluding carboxylic acids is 1. The van der Waals surface area contributed by atoms with Gasteiger partial charge in [0.1, 0.15) is 6.10 Å². The smallest absolute Gasteiger partial charge is 0.407 e. The van der Waals surface area contributed by atoms with Gasteiger partial charge in [0, 0.05) is 31.4 Å². The molecular weight excluding hydrogens is 316 g/mol. The number of nitrogens with one attached hydrogen (secondary N) is 1. The minimum absolute atomic E-state index is 0.0359. The average Bonchev–Trinajstić information content (AvgIpc) is 3.25. The fourth-order valence-electron chi connectivity index (χ4n) is 3.40. The molecule has 0 bridgehead atoms. The van der Waals surface area contributed by atoms with Crippen molar-refractivity contribution in [1.29, 1.82) is 0 Å². The van der Waals surface area contributed by atoms with Gasteiger partial charge < -0.3 is 10.1 Å². The lowest BCUT2D eigenvalue weighted by Crippen LogP contribution is -2.37. The first kappa shape index (κ1) is 15.9. The summed E-state index contributed by atoms with van der Waals surface area (Å²) < 4.78 is 7.16. The predicted octanol–water partition coefficient (Wildman–Crippen LogP) is 2.38. The summed E-state index contributed by atoms with van der Waals surface area (Å²) in [7, 11) is 0. The van der Waals surface area contributed by atoms with E-state index in [1.54, 1.807) is 0 Å². The molecule has 0 aliphatic carbocycles. The van der Waals surface area contributed by atoms with Crippen molar-refractivity contribution in [2.45, 2.75) is 19.4 Å². The third-order valence-electron chi connectivity index (χ3n) is 4.82. The highest BCUT2D eigenvalue weighted by atomic mass is 16.6. The molecule has 1 atom stereocenters. The Balaban J connectivity index is 1.42. The molecule has 1 N–H and O–H groups in total. The van der Waals surface area contributed by atoms with E-state index in [2.05, 4.69) is 46.6 Å². The number of benzene rings is 1. The standard InChI is InChI=1S/C19H22N4O2/c1-14-4-2-3-5-18(14)23-12-16(10-21-23)15-6-8-22(9-7-15)13-17-11-20-19(24)25-17/h2-6,10,12,17H,7-9,11,13H2,1H3,(H,20,24)/t17-/m0/s1. The Kier molecular flexibility index (Phi) is 4.28. The molecule has 6 heteroatoms. The molecule has 4 rings (SSSR count). The number of carbonyl (C=O) groups is 1. The zero-order valence-electron chi connectivity index (χ0n) is 14.3. The van der Waals surface area contributed by atoms with Crippen LogP contribution in [0.4, 0.5) is 4.79 Å². The van der Waals surface area contributed by atoms with Crippen LogP contribution in [0.2, 0.25) is 0 Å². The normalized spacial score (nSPS) is 20.9. The Hall–Kier alpha value is -2.60. The Morgan fingerprint density at radius 3 is 2.96 bits per heavy atom. The third kappa shape index (κ3) is 3.44. The van der Waals surface area contributed by atoms with Crippen molar-refractivity contribution in [3.8, 4) is 5.69 Å². The number of alkyl carbamates (subject to hydrolysis) is 1. The summed E-state index contributed by atoms with van der Waals surface area (Å²) >= 11 is 0. The van der Waals surface area contributed by atoms with Crippen molar-refractivity contribution in [1.82, 2.24) is 20.0 Å². The summed E-state index contributed by atoms with van der Waals surface area (Å²) in [6, 6.07) is 8.25. The molecule has 2 aliphatic heterocycles. The largest absolute Gasteiger partial charge is 0.443 e. The third-order valence-corrected chi connectivity index (χ3v) is 4.82. The van der Waals surface area contributed by atoms with Crippen LogP contribution in [-0.4, -0.2) is 53.1 Å². The van der Waals surface area contributed by atoms with E-state index in [0.29, 0.717) is 6.54 Å². The Morgan fingerprint density at radius 1 is 1.36 bits per heavy atom.